The van der Waals surface area contributed by atoms with Gasteiger partial charge in [-0.25, -0.2) is 0 Å². The molecule has 0 aromatic heterocycles. The maximum absolute atomic E-state index is 5.60. The van der Waals surface area contributed by atoms with Crippen LogP contribution in [-0.4, -0.2) is 32.0 Å². The van der Waals surface area contributed by atoms with Crippen LogP contribution >= 0.6 is 15.9 Å². The van der Waals surface area contributed by atoms with Crippen LogP contribution in [0.4, 0.5) is 0 Å². The number of aliphatic imine (C=N–C) groups is 1. The molecule has 0 saturated heterocycles. The lowest BCUT2D eigenvalue weighted by Crippen LogP contribution is -2.22. The van der Waals surface area contributed by atoms with E-state index in [2.05, 4.69) is 46.6 Å². The van der Waals surface area contributed by atoms with E-state index in [1.807, 2.05) is 6.08 Å². The van der Waals surface area contributed by atoms with Crippen LogP contribution in [0.25, 0.3) is 0 Å². The maximum atomic E-state index is 5.60. The summed E-state index contributed by atoms with van der Waals surface area (Å²) < 4.78 is 6.52. The van der Waals surface area contributed by atoms with Crippen LogP contribution in [0.5, 0.6) is 0 Å². The number of nitrogens with zero attached hydrogens (tertiary/aromatic N) is 1. The molecular formula is C10H18BrNOSi. The van der Waals surface area contributed by atoms with Gasteiger partial charge in [-0.1, -0.05) is 25.7 Å². The Morgan fingerprint density at radius 2 is 2.21 bits per heavy atom. The molecule has 2 nitrogen and oxygen atoms in total. The molecule has 4 heteroatoms. The number of allylic oxidation sites excluding steroid dienone is 1. The molecule has 14 heavy (non-hydrogen) atoms. The topological polar surface area (TPSA) is 21.6 Å². The highest BCUT2D eigenvalue weighted by molar-refractivity contribution is 9.18. The van der Waals surface area contributed by atoms with Gasteiger partial charge in [-0.3, -0.25) is 4.99 Å². The Morgan fingerprint density at radius 1 is 1.50 bits per heavy atom. The van der Waals surface area contributed by atoms with Crippen LogP contribution < -0.4 is 0 Å². The summed E-state index contributed by atoms with van der Waals surface area (Å²) in [6.07, 6.45) is 4.05. The van der Waals surface area contributed by atoms with Crippen molar-refractivity contribution in [1.82, 2.24) is 0 Å². The van der Waals surface area contributed by atoms with Crippen molar-refractivity contribution in [1.29, 1.82) is 0 Å². The SMILES string of the molecule is C[Si](C)(C)CCOCC1C=CC(Br)=N1. The summed E-state index contributed by atoms with van der Waals surface area (Å²) in [4.78, 5) is 4.33. The predicted molar refractivity (Wildman–Crippen MR) is 68.3 cm³/mol. The third kappa shape index (κ3) is 5.07. The number of rotatable bonds is 5. The minimum atomic E-state index is -0.936. The van der Waals surface area contributed by atoms with Crippen molar-refractivity contribution < 1.29 is 4.74 Å². The zero-order valence-corrected chi connectivity index (χ0v) is 11.7. The molecule has 0 amide bonds. The van der Waals surface area contributed by atoms with Crippen LogP contribution in [0.2, 0.25) is 25.7 Å². The molecule has 1 aliphatic rings. The van der Waals surface area contributed by atoms with Crippen molar-refractivity contribution in [3.63, 3.8) is 0 Å². The van der Waals surface area contributed by atoms with E-state index < -0.39 is 8.07 Å². The minimum Gasteiger partial charge on any atom is -0.379 e. The first kappa shape index (κ1) is 12.1. The van der Waals surface area contributed by atoms with E-state index in [0.717, 1.165) is 17.8 Å². The van der Waals surface area contributed by atoms with Gasteiger partial charge in [-0.05, 0) is 28.1 Å². The Bertz CT molecular complexity index is 245. The summed E-state index contributed by atoms with van der Waals surface area (Å²) in [7, 11) is -0.936. The van der Waals surface area contributed by atoms with Gasteiger partial charge in [0.15, 0.2) is 0 Å². The Morgan fingerprint density at radius 3 is 2.71 bits per heavy atom. The van der Waals surface area contributed by atoms with Crippen LogP contribution in [-0.2, 0) is 4.74 Å². The van der Waals surface area contributed by atoms with Crippen LogP contribution in [0.1, 0.15) is 0 Å². The molecule has 0 N–H and O–H groups in total. The average molecular weight is 276 g/mol. The lowest BCUT2D eigenvalue weighted by Gasteiger charge is -2.15. The average Bonchev–Trinajstić information content (AvgIpc) is 2.44. The van der Waals surface area contributed by atoms with Crippen LogP contribution in [0.3, 0.4) is 0 Å². The first-order valence-corrected chi connectivity index (χ1v) is 9.47. The van der Waals surface area contributed by atoms with Crippen LogP contribution in [0, 0.1) is 0 Å². The van der Waals surface area contributed by atoms with Crippen molar-refractivity contribution in [2.75, 3.05) is 13.2 Å². The molecule has 1 atom stereocenters. The molecule has 0 bridgehead atoms. The highest BCUT2D eigenvalue weighted by Crippen LogP contribution is 2.11. The smallest absolute Gasteiger partial charge is 0.101 e. The maximum Gasteiger partial charge on any atom is 0.101 e. The summed E-state index contributed by atoms with van der Waals surface area (Å²) in [6, 6.07) is 1.46. The Hall–Kier alpha value is 0.0669. The Balaban J connectivity index is 2.09. The lowest BCUT2D eigenvalue weighted by atomic mass is 10.3. The lowest BCUT2D eigenvalue weighted by molar-refractivity contribution is 0.143. The van der Waals surface area contributed by atoms with Gasteiger partial charge in [0.25, 0.3) is 0 Å². The third-order valence-electron chi connectivity index (χ3n) is 2.03. The highest BCUT2D eigenvalue weighted by atomic mass is 79.9. The second-order valence-corrected chi connectivity index (χ2v) is 11.2. The monoisotopic (exact) mass is 275 g/mol. The van der Waals surface area contributed by atoms with Crippen molar-refractivity contribution in [2.45, 2.75) is 31.7 Å². The van der Waals surface area contributed by atoms with Crippen molar-refractivity contribution in [3.8, 4) is 0 Å². The fourth-order valence-electron chi connectivity index (χ4n) is 1.11. The van der Waals surface area contributed by atoms with Gasteiger partial charge in [0.2, 0.25) is 0 Å². The van der Waals surface area contributed by atoms with Gasteiger partial charge < -0.3 is 4.74 Å². The van der Waals surface area contributed by atoms with Crippen LogP contribution in [0.15, 0.2) is 17.1 Å². The van der Waals surface area contributed by atoms with E-state index in [1.54, 1.807) is 0 Å². The van der Waals surface area contributed by atoms with E-state index in [9.17, 15) is 0 Å². The van der Waals surface area contributed by atoms with Gasteiger partial charge in [-0.2, -0.15) is 0 Å². The molecule has 0 saturated carbocycles. The molecular weight excluding hydrogens is 258 g/mol. The zero-order chi connectivity index (χ0) is 10.6. The fourth-order valence-corrected chi connectivity index (χ4v) is 2.28. The summed E-state index contributed by atoms with van der Waals surface area (Å²) in [5.74, 6) is 0. The van der Waals surface area contributed by atoms with Crippen molar-refractivity contribution in [3.05, 3.63) is 12.2 Å². The zero-order valence-electron chi connectivity index (χ0n) is 9.09. The van der Waals surface area contributed by atoms with Crippen molar-refractivity contribution in [2.24, 2.45) is 4.99 Å². The summed E-state index contributed by atoms with van der Waals surface area (Å²) in [5, 5.41) is 0. The molecule has 80 valence electrons. The molecule has 0 aromatic carbocycles. The molecule has 1 unspecified atom stereocenters. The second-order valence-electron chi connectivity index (χ2n) is 4.76. The van der Waals surface area contributed by atoms with Crippen molar-refractivity contribution >= 4 is 28.6 Å². The minimum absolute atomic E-state index is 0.228. The standard InChI is InChI=1S/C10H18BrNOSi/c1-14(2,3)7-6-13-8-9-4-5-10(11)12-9/h4-5,9H,6-8H2,1-3H3. The molecule has 0 radical (unpaired) electrons. The van der Waals surface area contributed by atoms with E-state index in [-0.39, 0.29) is 6.04 Å². The quantitative estimate of drug-likeness (QED) is 0.558. The van der Waals surface area contributed by atoms with Gasteiger partial charge in [-0.15, -0.1) is 0 Å². The molecule has 0 fully saturated rings. The first-order chi connectivity index (χ1) is 6.47. The van der Waals surface area contributed by atoms with Gasteiger partial charge in [0.05, 0.1) is 12.6 Å². The second kappa shape index (κ2) is 5.23. The molecule has 1 heterocycles. The predicted octanol–water partition coefficient (Wildman–Crippen LogP) is 3.07. The number of hydrogen-bond donors (Lipinski definition) is 0. The molecule has 0 spiro atoms. The van der Waals surface area contributed by atoms with E-state index in [1.165, 1.54) is 6.04 Å². The van der Waals surface area contributed by atoms with Gasteiger partial charge in [0.1, 0.15) is 4.62 Å². The summed E-state index contributed by atoms with van der Waals surface area (Å²) in [6.45, 7) is 8.69. The fraction of sp³-hybridized carbons (Fsp3) is 0.700. The summed E-state index contributed by atoms with van der Waals surface area (Å²) >= 11 is 3.33. The third-order valence-corrected chi connectivity index (χ3v) is 4.20. The largest absolute Gasteiger partial charge is 0.379 e. The number of ether oxygens (including phenoxy) is 1. The van der Waals surface area contributed by atoms with E-state index in [0.29, 0.717) is 0 Å². The Labute approximate surface area is 95.6 Å². The highest BCUT2D eigenvalue weighted by Gasteiger charge is 2.13. The van der Waals surface area contributed by atoms with E-state index >= 15 is 0 Å². The summed E-state index contributed by atoms with van der Waals surface area (Å²) in [5.41, 5.74) is 0. The molecule has 1 rings (SSSR count). The molecule has 1 aliphatic heterocycles. The molecule has 0 aromatic rings. The van der Waals surface area contributed by atoms with Gasteiger partial charge in [0, 0.05) is 14.7 Å². The number of halogens is 1. The first-order valence-electron chi connectivity index (χ1n) is 4.97. The Kier molecular flexibility index (Phi) is 4.54. The number of hydrogen-bond acceptors (Lipinski definition) is 2. The molecule has 0 aliphatic carbocycles. The van der Waals surface area contributed by atoms with E-state index in [4.69, 9.17) is 4.74 Å². The normalized spacial score (nSPS) is 21.4. The van der Waals surface area contributed by atoms with Gasteiger partial charge >= 0.3 is 0 Å².